The van der Waals surface area contributed by atoms with Gasteiger partial charge < -0.3 is 10.1 Å². The number of nitrogens with two attached hydrogens (primary N) is 1. The van der Waals surface area contributed by atoms with Crippen molar-refractivity contribution in [2.75, 3.05) is 5.73 Å². The molecule has 1 aromatic carbocycles. The smallest absolute Gasteiger partial charge is 0.145 e. The number of allylic oxidation sites excluding steroid dienone is 4. The minimum absolute atomic E-state index is 0.780. The lowest BCUT2D eigenvalue weighted by Gasteiger charge is -2.11. The van der Waals surface area contributed by atoms with Crippen molar-refractivity contribution in [3.8, 4) is 11.1 Å². The number of nitrogen functional groups attached to an aromatic ring is 1. The molecule has 0 bridgehead atoms. The third kappa shape index (κ3) is 2.52. The average molecular weight is 315 g/mol. The highest BCUT2D eigenvalue weighted by atomic mass is 15.0. The largest absolute Gasteiger partial charge is 0.398 e. The van der Waals surface area contributed by atoms with Gasteiger partial charge in [-0.2, -0.15) is 0 Å². The predicted octanol–water partition coefficient (Wildman–Crippen LogP) is 5.10. The van der Waals surface area contributed by atoms with Crippen LogP contribution in [0.5, 0.6) is 0 Å². The summed E-state index contributed by atoms with van der Waals surface area (Å²) in [4.78, 5) is 4.91. The van der Waals surface area contributed by atoms with Crippen molar-refractivity contribution in [1.82, 2.24) is 9.38 Å². The van der Waals surface area contributed by atoms with Crippen LogP contribution < -0.4 is 5.73 Å². The summed E-state index contributed by atoms with van der Waals surface area (Å²) in [5, 5.41) is 0. The van der Waals surface area contributed by atoms with E-state index >= 15 is 0 Å². The van der Waals surface area contributed by atoms with Gasteiger partial charge in [-0.3, -0.25) is 0 Å². The molecule has 2 aromatic heterocycles. The SMILES string of the molecule is CCC1=CC=C(c2cn3cccc(-c4ccccc4N)c3n2)CC1. The summed E-state index contributed by atoms with van der Waals surface area (Å²) in [5.41, 5.74) is 13.9. The molecule has 0 radical (unpaired) electrons. The van der Waals surface area contributed by atoms with E-state index in [1.165, 1.54) is 11.1 Å². The lowest BCUT2D eigenvalue weighted by molar-refractivity contribution is 0.903. The maximum atomic E-state index is 6.17. The van der Waals surface area contributed by atoms with Crippen molar-refractivity contribution < 1.29 is 0 Å². The van der Waals surface area contributed by atoms with E-state index in [1.807, 2.05) is 30.5 Å². The van der Waals surface area contributed by atoms with E-state index in [0.29, 0.717) is 0 Å². The van der Waals surface area contributed by atoms with Gasteiger partial charge in [0.05, 0.1) is 5.69 Å². The second-order valence-electron chi connectivity index (χ2n) is 6.24. The molecule has 0 saturated carbocycles. The Labute approximate surface area is 142 Å². The number of pyridine rings is 1. The molecule has 120 valence electrons. The number of hydrogen-bond donors (Lipinski definition) is 1. The van der Waals surface area contributed by atoms with Gasteiger partial charge in [0.1, 0.15) is 5.65 Å². The number of imidazole rings is 1. The van der Waals surface area contributed by atoms with Crippen LogP contribution >= 0.6 is 0 Å². The molecule has 2 heterocycles. The van der Waals surface area contributed by atoms with Crippen LogP contribution in [0.25, 0.3) is 22.3 Å². The minimum Gasteiger partial charge on any atom is -0.398 e. The van der Waals surface area contributed by atoms with Gasteiger partial charge in [-0.1, -0.05) is 42.8 Å². The second-order valence-corrected chi connectivity index (χ2v) is 6.24. The van der Waals surface area contributed by atoms with Crippen LogP contribution in [0, 0.1) is 0 Å². The van der Waals surface area contributed by atoms with Crippen LogP contribution in [0.15, 0.2) is 66.5 Å². The zero-order valence-electron chi connectivity index (χ0n) is 13.9. The van der Waals surface area contributed by atoms with Gasteiger partial charge in [0, 0.05) is 29.2 Å². The molecule has 0 fully saturated rings. The summed E-state index contributed by atoms with van der Waals surface area (Å²) in [5.74, 6) is 0. The van der Waals surface area contributed by atoms with Crippen molar-refractivity contribution in [2.45, 2.75) is 26.2 Å². The summed E-state index contributed by atoms with van der Waals surface area (Å²) < 4.78 is 2.09. The van der Waals surface area contributed by atoms with E-state index in [0.717, 1.165) is 47.4 Å². The Morgan fingerprint density at radius 1 is 1.04 bits per heavy atom. The number of hydrogen-bond acceptors (Lipinski definition) is 2. The summed E-state index contributed by atoms with van der Waals surface area (Å²) in [7, 11) is 0. The fourth-order valence-corrected chi connectivity index (χ4v) is 3.31. The summed E-state index contributed by atoms with van der Waals surface area (Å²) in [6, 6.07) is 12.1. The van der Waals surface area contributed by atoms with Crippen molar-refractivity contribution in [2.24, 2.45) is 0 Å². The minimum atomic E-state index is 0.780. The van der Waals surface area contributed by atoms with Crippen LogP contribution in [-0.4, -0.2) is 9.38 Å². The number of anilines is 1. The van der Waals surface area contributed by atoms with Crippen LogP contribution in [0.1, 0.15) is 31.9 Å². The number of nitrogens with zero attached hydrogens (tertiary/aromatic N) is 2. The first-order valence-corrected chi connectivity index (χ1v) is 8.48. The molecule has 3 nitrogen and oxygen atoms in total. The fraction of sp³-hybridized carbons (Fsp3) is 0.190. The molecule has 3 aromatic rings. The zero-order valence-corrected chi connectivity index (χ0v) is 13.9. The summed E-state index contributed by atoms with van der Waals surface area (Å²) in [6.07, 6.45) is 12.0. The first-order valence-electron chi connectivity index (χ1n) is 8.48. The van der Waals surface area contributed by atoms with Gasteiger partial charge in [0.2, 0.25) is 0 Å². The number of rotatable bonds is 3. The monoisotopic (exact) mass is 315 g/mol. The van der Waals surface area contributed by atoms with E-state index in [2.05, 4.69) is 41.8 Å². The van der Waals surface area contributed by atoms with Gasteiger partial charge in [0.25, 0.3) is 0 Å². The standard InChI is InChI=1S/C21H21N3/c1-2-15-9-11-16(12-10-15)20-14-24-13-5-7-18(21(24)23-20)17-6-3-4-8-19(17)22/h3-9,11,13-14H,2,10,12,22H2,1H3. The van der Waals surface area contributed by atoms with E-state index in [-0.39, 0.29) is 0 Å². The zero-order chi connectivity index (χ0) is 16.5. The first-order chi connectivity index (χ1) is 11.8. The molecule has 0 amide bonds. The molecule has 0 unspecified atom stereocenters. The number of para-hydroxylation sites is 1. The Balaban J connectivity index is 1.83. The molecular weight excluding hydrogens is 294 g/mol. The fourth-order valence-electron chi connectivity index (χ4n) is 3.31. The van der Waals surface area contributed by atoms with Crippen LogP contribution in [0.3, 0.4) is 0 Å². The van der Waals surface area contributed by atoms with Crippen molar-refractivity contribution in [3.63, 3.8) is 0 Å². The highest BCUT2D eigenvalue weighted by Gasteiger charge is 2.14. The molecule has 0 saturated heterocycles. The second kappa shape index (κ2) is 6.00. The molecule has 0 spiro atoms. The van der Waals surface area contributed by atoms with E-state index in [9.17, 15) is 0 Å². The van der Waals surface area contributed by atoms with Crippen LogP contribution in [-0.2, 0) is 0 Å². The average Bonchev–Trinajstić information content (AvgIpc) is 3.06. The maximum Gasteiger partial charge on any atom is 0.145 e. The summed E-state index contributed by atoms with van der Waals surface area (Å²) >= 11 is 0. The molecule has 0 aliphatic heterocycles. The number of aromatic nitrogens is 2. The van der Waals surface area contributed by atoms with E-state index < -0.39 is 0 Å². The van der Waals surface area contributed by atoms with Gasteiger partial charge in [-0.05, 0) is 43.0 Å². The number of benzene rings is 1. The highest BCUT2D eigenvalue weighted by Crippen LogP contribution is 2.32. The molecule has 24 heavy (non-hydrogen) atoms. The molecule has 4 rings (SSSR count). The van der Waals surface area contributed by atoms with Crippen LogP contribution in [0.4, 0.5) is 5.69 Å². The Morgan fingerprint density at radius 3 is 2.62 bits per heavy atom. The summed E-state index contributed by atoms with van der Waals surface area (Å²) in [6.45, 7) is 2.21. The normalized spacial score (nSPS) is 14.5. The highest BCUT2D eigenvalue weighted by molar-refractivity contribution is 5.86. The van der Waals surface area contributed by atoms with Crippen molar-refractivity contribution >= 4 is 16.9 Å². The third-order valence-corrected chi connectivity index (χ3v) is 4.75. The van der Waals surface area contributed by atoms with Gasteiger partial charge >= 0.3 is 0 Å². The Hall–Kier alpha value is -2.81. The predicted molar refractivity (Wildman–Crippen MR) is 101 cm³/mol. The maximum absolute atomic E-state index is 6.17. The Bertz CT molecular complexity index is 960. The molecule has 1 aliphatic rings. The van der Waals surface area contributed by atoms with E-state index in [4.69, 9.17) is 10.7 Å². The lowest BCUT2D eigenvalue weighted by Crippen LogP contribution is -1.93. The van der Waals surface area contributed by atoms with E-state index in [1.54, 1.807) is 0 Å². The molecular formula is C21H21N3. The quantitative estimate of drug-likeness (QED) is 0.684. The Kier molecular flexibility index (Phi) is 3.69. The Morgan fingerprint density at radius 2 is 1.88 bits per heavy atom. The van der Waals surface area contributed by atoms with Gasteiger partial charge in [-0.25, -0.2) is 4.98 Å². The topological polar surface area (TPSA) is 43.3 Å². The van der Waals surface area contributed by atoms with Gasteiger partial charge in [-0.15, -0.1) is 0 Å². The first kappa shape index (κ1) is 14.8. The molecule has 3 heteroatoms. The third-order valence-electron chi connectivity index (χ3n) is 4.75. The molecule has 1 aliphatic carbocycles. The lowest BCUT2D eigenvalue weighted by atomic mass is 9.95. The van der Waals surface area contributed by atoms with Crippen LogP contribution in [0.2, 0.25) is 0 Å². The van der Waals surface area contributed by atoms with Crippen molar-refractivity contribution in [3.05, 3.63) is 72.2 Å². The molecule has 0 atom stereocenters. The molecule has 2 N–H and O–H groups in total. The van der Waals surface area contributed by atoms with Crippen molar-refractivity contribution in [1.29, 1.82) is 0 Å². The van der Waals surface area contributed by atoms with Gasteiger partial charge in [0.15, 0.2) is 0 Å². The number of fused-ring (bicyclic) bond motifs is 1.